The third-order valence-electron chi connectivity index (χ3n) is 5.16. The Balaban J connectivity index is 2.33. The van der Waals surface area contributed by atoms with Crippen LogP contribution in [-0.2, 0) is 28.6 Å². The second-order valence-corrected chi connectivity index (χ2v) is 7.02. The molecule has 0 saturated heterocycles. The molecule has 0 fully saturated rings. The molecule has 2 aromatic rings. The van der Waals surface area contributed by atoms with E-state index in [1.807, 2.05) is 61.5 Å². The Hall–Kier alpha value is -3.61. The molecule has 0 aliphatic carbocycles. The fraction of sp³-hybridized carbons (Fsp3) is 0.292. The summed E-state index contributed by atoms with van der Waals surface area (Å²) in [5, 5.41) is 0. The van der Waals surface area contributed by atoms with E-state index in [2.05, 4.69) is 0 Å². The smallest absolute Gasteiger partial charge is 0.337 e. The van der Waals surface area contributed by atoms with E-state index >= 15 is 0 Å². The second-order valence-electron chi connectivity index (χ2n) is 7.02. The van der Waals surface area contributed by atoms with Crippen molar-refractivity contribution in [3.63, 3.8) is 0 Å². The van der Waals surface area contributed by atoms with Gasteiger partial charge in [-0.05, 0) is 31.5 Å². The van der Waals surface area contributed by atoms with Crippen molar-refractivity contribution in [1.29, 1.82) is 0 Å². The molecule has 2 aromatic carbocycles. The summed E-state index contributed by atoms with van der Waals surface area (Å²) in [5.74, 6) is -2.14. The van der Waals surface area contributed by atoms with Gasteiger partial charge < -0.3 is 19.1 Å². The molecule has 7 nitrogen and oxygen atoms in total. The highest BCUT2D eigenvalue weighted by molar-refractivity contribution is 6.10. The Morgan fingerprint density at radius 3 is 2.00 bits per heavy atom. The summed E-state index contributed by atoms with van der Waals surface area (Å²) in [4.78, 5) is 40.6. The molecule has 3 rings (SSSR count). The van der Waals surface area contributed by atoms with Gasteiger partial charge in [0.15, 0.2) is 6.04 Å². The highest BCUT2D eigenvalue weighted by Crippen LogP contribution is 2.45. The molecule has 31 heavy (non-hydrogen) atoms. The van der Waals surface area contributed by atoms with Gasteiger partial charge in [-0.15, -0.1) is 0 Å². The van der Waals surface area contributed by atoms with Crippen LogP contribution in [0.2, 0.25) is 0 Å². The van der Waals surface area contributed by atoms with Gasteiger partial charge in [-0.25, -0.2) is 14.4 Å². The minimum atomic E-state index is -1.17. The standard InChI is InChI=1S/C24H25NO6/c1-5-31-24(28)21-19(23(27)30-4)18(22(26)29-3)20(16-13-11-15(2)12-14-16)25(21)17-9-7-6-8-10-17/h6-14,20-21H,5H2,1-4H3/t20-,21+/m1/s1. The number of para-hydroxylation sites is 1. The van der Waals surface area contributed by atoms with Crippen molar-refractivity contribution in [2.75, 3.05) is 25.7 Å². The molecule has 0 N–H and O–H groups in total. The number of ether oxygens (including phenoxy) is 3. The summed E-state index contributed by atoms with van der Waals surface area (Å²) in [6.45, 7) is 3.75. The summed E-state index contributed by atoms with van der Waals surface area (Å²) < 4.78 is 15.3. The molecule has 0 unspecified atom stereocenters. The molecule has 1 heterocycles. The molecule has 7 heteroatoms. The van der Waals surface area contributed by atoms with Gasteiger partial charge in [0.2, 0.25) is 0 Å². The van der Waals surface area contributed by atoms with Crippen LogP contribution in [0.25, 0.3) is 0 Å². The number of carbonyl (C=O) groups is 3. The predicted molar refractivity (Wildman–Crippen MR) is 114 cm³/mol. The van der Waals surface area contributed by atoms with Gasteiger partial charge in [-0.3, -0.25) is 0 Å². The highest BCUT2D eigenvalue weighted by atomic mass is 16.5. The lowest BCUT2D eigenvalue weighted by molar-refractivity contribution is -0.146. The summed E-state index contributed by atoms with van der Waals surface area (Å²) in [6, 6.07) is 14.7. The molecule has 0 amide bonds. The molecule has 0 spiro atoms. The van der Waals surface area contributed by atoms with Gasteiger partial charge in [0.1, 0.15) is 0 Å². The van der Waals surface area contributed by atoms with E-state index in [1.165, 1.54) is 14.2 Å². The van der Waals surface area contributed by atoms with Gasteiger partial charge >= 0.3 is 17.9 Å². The van der Waals surface area contributed by atoms with E-state index in [9.17, 15) is 14.4 Å². The SMILES string of the molecule is CCOC(=O)[C@@H]1C(C(=O)OC)=C(C(=O)OC)[C@@H](c2ccc(C)cc2)N1c1ccccc1. The highest BCUT2D eigenvalue weighted by Gasteiger charge is 2.51. The quantitative estimate of drug-likeness (QED) is 0.521. The number of aryl methyl sites for hydroxylation is 1. The molecule has 1 aliphatic heterocycles. The molecule has 2 atom stereocenters. The van der Waals surface area contributed by atoms with Crippen LogP contribution in [0, 0.1) is 6.92 Å². The van der Waals surface area contributed by atoms with Crippen LogP contribution >= 0.6 is 0 Å². The zero-order valence-corrected chi connectivity index (χ0v) is 18.0. The molecular formula is C24H25NO6. The Morgan fingerprint density at radius 2 is 1.45 bits per heavy atom. The molecule has 0 radical (unpaired) electrons. The van der Waals surface area contributed by atoms with Crippen molar-refractivity contribution in [2.45, 2.75) is 25.9 Å². The maximum Gasteiger partial charge on any atom is 0.337 e. The van der Waals surface area contributed by atoms with Crippen molar-refractivity contribution >= 4 is 23.6 Å². The number of benzene rings is 2. The largest absolute Gasteiger partial charge is 0.466 e. The number of hydrogen-bond acceptors (Lipinski definition) is 7. The number of hydrogen-bond donors (Lipinski definition) is 0. The second kappa shape index (κ2) is 9.47. The Kier molecular flexibility index (Phi) is 6.74. The number of nitrogens with zero attached hydrogens (tertiary/aromatic N) is 1. The first-order chi connectivity index (χ1) is 14.9. The zero-order valence-electron chi connectivity index (χ0n) is 18.0. The maximum atomic E-state index is 13.1. The Morgan fingerprint density at radius 1 is 0.871 bits per heavy atom. The average Bonchev–Trinajstić information content (AvgIpc) is 3.15. The van der Waals surface area contributed by atoms with Gasteiger partial charge in [0.25, 0.3) is 0 Å². The predicted octanol–water partition coefficient (Wildman–Crippen LogP) is 3.13. The van der Waals surface area contributed by atoms with Crippen LogP contribution in [0.5, 0.6) is 0 Å². The number of anilines is 1. The maximum absolute atomic E-state index is 13.1. The summed E-state index contributed by atoms with van der Waals surface area (Å²) in [5.41, 5.74) is 2.38. The summed E-state index contributed by atoms with van der Waals surface area (Å²) in [6.07, 6.45) is 0. The van der Waals surface area contributed by atoms with Crippen molar-refractivity contribution in [1.82, 2.24) is 0 Å². The lowest BCUT2D eigenvalue weighted by Gasteiger charge is -2.33. The van der Waals surface area contributed by atoms with Crippen LogP contribution in [0.4, 0.5) is 5.69 Å². The fourth-order valence-corrected chi connectivity index (χ4v) is 3.81. The average molecular weight is 423 g/mol. The number of methoxy groups -OCH3 is 2. The van der Waals surface area contributed by atoms with E-state index in [-0.39, 0.29) is 17.8 Å². The van der Waals surface area contributed by atoms with Crippen molar-refractivity contribution in [3.05, 3.63) is 76.9 Å². The first kappa shape index (κ1) is 22.1. The lowest BCUT2D eigenvalue weighted by Crippen LogP contribution is -2.42. The van der Waals surface area contributed by atoms with E-state index < -0.39 is 30.0 Å². The van der Waals surface area contributed by atoms with Crippen LogP contribution in [0.1, 0.15) is 24.1 Å². The van der Waals surface area contributed by atoms with Crippen molar-refractivity contribution in [2.24, 2.45) is 0 Å². The van der Waals surface area contributed by atoms with Crippen LogP contribution in [0.3, 0.4) is 0 Å². The number of rotatable bonds is 6. The molecular weight excluding hydrogens is 398 g/mol. The summed E-state index contributed by atoms with van der Waals surface area (Å²) >= 11 is 0. The summed E-state index contributed by atoms with van der Waals surface area (Å²) in [7, 11) is 2.44. The van der Waals surface area contributed by atoms with E-state index in [1.54, 1.807) is 11.8 Å². The zero-order chi connectivity index (χ0) is 22.5. The molecule has 162 valence electrons. The lowest BCUT2D eigenvalue weighted by atomic mass is 9.96. The normalized spacial score (nSPS) is 18.0. The van der Waals surface area contributed by atoms with Gasteiger partial charge in [-0.1, -0.05) is 48.0 Å². The topological polar surface area (TPSA) is 82.1 Å². The van der Waals surface area contributed by atoms with Crippen LogP contribution in [-0.4, -0.2) is 44.8 Å². The molecule has 0 aromatic heterocycles. The third-order valence-corrected chi connectivity index (χ3v) is 5.16. The fourth-order valence-electron chi connectivity index (χ4n) is 3.81. The monoisotopic (exact) mass is 423 g/mol. The minimum absolute atomic E-state index is 0.0557. The van der Waals surface area contributed by atoms with Crippen LogP contribution in [0.15, 0.2) is 65.7 Å². The molecule has 1 aliphatic rings. The van der Waals surface area contributed by atoms with Crippen LogP contribution < -0.4 is 4.90 Å². The van der Waals surface area contributed by atoms with Crippen molar-refractivity contribution in [3.8, 4) is 0 Å². The van der Waals surface area contributed by atoms with Crippen molar-refractivity contribution < 1.29 is 28.6 Å². The van der Waals surface area contributed by atoms with Gasteiger partial charge in [0, 0.05) is 5.69 Å². The first-order valence-electron chi connectivity index (χ1n) is 9.91. The van der Waals surface area contributed by atoms with E-state index in [4.69, 9.17) is 14.2 Å². The minimum Gasteiger partial charge on any atom is -0.466 e. The van der Waals surface area contributed by atoms with E-state index in [0.29, 0.717) is 5.69 Å². The van der Waals surface area contributed by atoms with Gasteiger partial charge in [0.05, 0.1) is 38.0 Å². The number of esters is 3. The third kappa shape index (κ3) is 4.17. The first-order valence-corrected chi connectivity index (χ1v) is 9.91. The van der Waals surface area contributed by atoms with E-state index in [0.717, 1.165) is 11.1 Å². The number of carbonyl (C=O) groups excluding carboxylic acids is 3. The Labute approximate surface area is 181 Å². The molecule has 0 saturated carbocycles. The Bertz CT molecular complexity index is 996. The van der Waals surface area contributed by atoms with Gasteiger partial charge in [-0.2, -0.15) is 0 Å². The molecule has 0 bridgehead atoms.